The number of aromatic nitrogens is 2. The number of hydrogen-bond donors (Lipinski definition) is 0. The Morgan fingerprint density at radius 2 is 1.84 bits per heavy atom. The van der Waals surface area contributed by atoms with Crippen molar-refractivity contribution in [3.05, 3.63) is 11.7 Å². The number of rotatable bonds is 2. The van der Waals surface area contributed by atoms with Crippen molar-refractivity contribution in [1.29, 1.82) is 0 Å². The lowest BCUT2D eigenvalue weighted by Gasteiger charge is -2.40. The number of nitrogens with zero attached hydrogens (tertiary/aromatic N) is 3. The molecule has 0 unspecified atom stereocenters. The first-order chi connectivity index (χ1) is 12.0. The maximum absolute atomic E-state index is 12.8. The molecule has 1 aromatic rings. The van der Waals surface area contributed by atoms with Gasteiger partial charge in [-0.15, -0.1) is 0 Å². The molecule has 25 heavy (non-hydrogen) atoms. The average molecular weight is 347 g/mol. The molecule has 3 fully saturated rings. The van der Waals surface area contributed by atoms with Crippen LogP contribution in [0.4, 0.5) is 0 Å². The summed E-state index contributed by atoms with van der Waals surface area (Å²) in [6.07, 6.45) is 8.23. The summed E-state index contributed by atoms with van der Waals surface area (Å²) < 4.78 is 11.6. The van der Waals surface area contributed by atoms with Gasteiger partial charge in [-0.05, 0) is 64.2 Å². The molecule has 0 radical (unpaired) electrons. The monoisotopic (exact) mass is 347 g/mol. The number of amides is 1. The molecular weight excluding hydrogens is 318 g/mol. The van der Waals surface area contributed by atoms with Crippen molar-refractivity contribution in [3.63, 3.8) is 0 Å². The lowest BCUT2D eigenvalue weighted by Crippen LogP contribution is -2.48. The summed E-state index contributed by atoms with van der Waals surface area (Å²) in [6.45, 7) is 5.76. The van der Waals surface area contributed by atoms with Crippen LogP contribution in [0.2, 0.25) is 0 Å². The largest absolute Gasteiger partial charge is 0.362 e. The lowest BCUT2D eigenvalue weighted by molar-refractivity contribution is -0.143. The summed E-state index contributed by atoms with van der Waals surface area (Å²) >= 11 is 0. The minimum Gasteiger partial charge on any atom is -0.362 e. The van der Waals surface area contributed by atoms with Crippen molar-refractivity contribution in [3.8, 4) is 0 Å². The third-order valence-corrected chi connectivity index (χ3v) is 6.42. The standard InChI is InChI=1S/C19H29N3O3/c1-13-3-5-15(6-4-13)18(23)22-11-9-19(10-12-22)8-7-16(24-19)17-20-14(2)21-25-17/h13,15-16H,3-12H2,1-2H3/t13?,15?,16-/m0/s1. The highest BCUT2D eigenvalue weighted by Gasteiger charge is 2.45. The summed E-state index contributed by atoms with van der Waals surface area (Å²) in [5.74, 6) is 2.67. The zero-order chi connectivity index (χ0) is 17.4. The zero-order valence-electron chi connectivity index (χ0n) is 15.4. The van der Waals surface area contributed by atoms with Gasteiger partial charge in [0.15, 0.2) is 5.82 Å². The van der Waals surface area contributed by atoms with E-state index in [-0.39, 0.29) is 17.6 Å². The van der Waals surface area contributed by atoms with Crippen molar-refractivity contribution in [1.82, 2.24) is 15.0 Å². The van der Waals surface area contributed by atoms with Crippen LogP contribution < -0.4 is 0 Å². The van der Waals surface area contributed by atoms with E-state index in [1.165, 1.54) is 12.8 Å². The average Bonchev–Trinajstić information content (AvgIpc) is 3.23. The molecule has 6 nitrogen and oxygen atoms in total. The summed E-state index contributed by atoms with van der Waals surface area (Å²) in [6, 6.07) is 0. The Kier molecular flexibility index (Phi) is 4.56. The van der Waals surface area contributed by atoms with Crippen LogP contribution in [0.5, 0.6) is 0 Å². The number of aryl methyl sites for hydroxylation is 1. The maximum Gasteiger partial charge on any atom is 0.255 e. The number of carbonyl (C=O) groups is 1. The molecular formula is C19H29N3O3. The first-order valence-electron chi connectivity index (χ1n) is 9.81. The van der Waals surface area contributed by atoms with Crippen LogP contribution in [0.3, 0.4) is 0 Å². The zero-order valence-corrected chi connectivity index (χ0v) is 15.4. The molecule has 2 aliphatic heterocycles. The highest BCUT2D eigenvalue weighted by molar-refractivity contribution is 5.79. The van der Waals surface area contributed by atoms with Gasteiger partial charge in [0.1, 0.15) is 6.10 Å². The van der Waals surface area contributed by atoms with Crippen LogP contribution in [0.15, 0.2) is 4.52 Å². The van der Waals surface area contributed by atoms with Gasteiger partial charge < -0.3 is 14.2 Å². The summed E-state index contributed by atoms with van der Waals surface area (Å²) in [5.41, 5.74) is -0.106. The normalized spacial score (nSPS) is 32.2. The molecule has 6 heteroatoms. The molecule has 0 N–H and O–H groups in total. The third-order valence-electron chi connectivity index (χ3n) is 6.42. The van der Waals surface area contributed by atoms with E-state index in [9.17, 15) is 4.79 Å². The molecule has 0 aromatic carbocycles. The Morgan fingerprint density at radius 3 is 2.48 bits per heavy atom. The first-order valence-corrected chi connectivity index (χ1v) is 9.81. The van der Waals surface area contributed by atoms with Gasteiger partial charge >= 0.3 is 0 Å². The van der Waals surface area contributed by atoms with Gasteiger partial charge in [0.25, 0.3) is 5.89 Å². The Labute approximate surface area is 149 Å². The number of piperidine rings is 1. The fraction of sp³-hybridized carbons (Fsp3) is 0.842. The van der Waals surface area contributed by atoms with Crippen molar-refractivity contribution >= 4 is 5.91 Å². The van der Waals surface area contributed by atoms with Crippen LogP contribution in [-0.4, -0.2) is 39.6 Å². The fourth-order valence-electron chi connectivity index (χ4n) is 4.70. The first kappa shape index (κ1) is 17.0. The molecule has 4 rings (SSSR count). The Balaban J connectivity index is 1.32. The minimum absolute atomic E-state index is 0.0803. The van der Waals surface area contributed by atoms with Gasteiger partial charge in [0, 0.05) is 19.0 Å². The molecule has 1 spiro atoms. The Hall–Kier alpha value is -1.43. The van der Waals surface area contributed by atoms with Gasteiger partial charge in [-0.3, -0.25) is 4.79 Å². The Morgan fingerprint density at radius 1 is 1.12 bits per heavy atom. The minimum atomic E-state index is -0.106. The van der Waals surface area contributed by atoms with E-state index in [1.807, 2.05) is 6.92 Å². The van der Waals surface area contributed by atoms with Gasteiger partial charge in [-0.1, -0.05) is 12.1 Å². The fourth-order valence-corrected chi connectivity index (χ4v) is 4.70. The van der Waals surface area contributed by atoms with Crippen LogP contribution in [-0.2, 0) is 9.53 Å². The van der Waals surface area contributed by atoms with E-state index in [4.69, 9.17) is 9.26 Å². The summed E-state index contributed by atoms with van der Waals surface area (Å²) in [7, 11) is 0. The van der Waals surface area contributed by atoms with E-state index in [0.29, 0.717) is 17.6 Å². The second-order valence-corrected chi connectivity index (χ2v) is 8.29. The molecule has 0 bridgehead atoms. The number of ether oxygens (including phenoxy) is 1. The molecule has 1 amide bonds. The van der Waals surface area contributed by atoms with E-state index in [0.717, 1.165) is 57.5 Å². The molecule has 1 aromatic heterocycles. The van der Waals surface area contributed by atoms with Crippen LogP contribution in [0.25, 0.3) is 0 Å². The van der Waals surface area contributed by atoms with Crippen molar-refractivity contribution in [2.45, 2.75) is 76.9 Å². The van der Waals surface area contributed by atoms with Gasteiger partial charge in [-0.25, -0.2) is 0 Å². The van der Waals surface area contributed by atoms with Gasteiger partial charge in [-0.2, -0.15) is 4.98 Å². The maximum atomic E-state index is 12.8. The predicted octanol–water partition coefficient (Wildman–Crippen LogP) is 3.42. The van der Waals surface area contributed by atoms with Crippen LogP contribution >= 0.6 is 0 Å². The topological polar surface area (TPSA) is 68.5 Å². The molecule has 3 heterocycles. The van der Waals surface area contributed by atoms with Crippen molar-refractivity contribution < 1.29 is 14.1 Å². The van der Waals surface area contributed by atoms with Gasteiger partial charge in [0.2, 0.25) is 5.91 Å². The molecule has 138 valence electrons. The van der Waals surface area contributed by atoms with E-state index >= 15 is 0 Å². The lowest BCUT2D eigenvalue weighted by atomic mass is 9.81. The Bertz CT molecular complexity index is 613. The molecule has 1 atom stereocenters. The number of hydrogen-bond acceptors (Lipinski definition) is 5. The van der Waals surface area contributed by atoms with Gasteiger partial charge in [0.05, 0.1) is 5.60 Å². The highest BCUT2D eigenvalue weighted by Crippen LogP contribution is 2.45. The molecule has 3 aliphatic rings. The second kappa shape index (κ2) is 6.71. The summed E-state index contributed by atoms with van der Waals surface area (Å²) in [5, 5.41) is 3.87. The predicted molar refractivity (Wildman–Crippen MR) is 91.8 cm³/mol. The molecule has 1 saturated carbocycles. The second-order valence-electron chi connectivity index (χ2n) is 8.29. The highest BCUT2D eigenvalue weighted by atomic mass is 16.5. The molecule has 1 aliphatic carbocycles. The van der Waals surface area contributed by atoms with Crippen LogP contribution in [0.1, 0.15) is 76.1 Å². The molecule has 2 saturated heterocycles. The van der Waals surface area contributed by atoms with E-state index in [2.05, 4.69) is 22.0 Å². The van der Waals surface area contributed by atoms with E-state index < -0.39 is 0 Å². The smallest absolute Gasteiger partial charge is 0.255 e. The number of likely N-dealkylation sites (tertiary alicyclic amines) is 1. The van der Waals surface area contributed by atoms with Crippen molar-refractivity contribution in [2.24, 2.45) is 11.8 Å². The summed E-state index contributed by atoms with van der Waals surface area (Å²) in [4.78, 5) is 19.2. The number of carbonyl (C=O) groups excluding carboxylic acids is 1. The van der Waals surface area contributed by atoms with Crippen LogP contribution in [0, 0.1) is 18.8 Å². The SMILES string of the molecule is Cc1noc([C@@H]2CCC3(CCN(C(=O)C4CCC(C)CC4)CC3)O2)n1. The van der Waals surface area contributed by atoms with E-state index in [1.54, 1.807) is 0 Å². The third kappa shape index (κ3) is 3.46. The quantitative estimate of drug-likeness (QED) is 0.820. The van der Waals surface area contributed by atoms with Crippen molar-refractivity contribution in [2.75, 3.05) is 13.1 Å².